The van der Waals surface area contributed by atoms with E-state index in [0.717, 1.165) is 0 Å². The first-order chi connectivity index (χ1) is 14.4. The summed E-state index contributed by atoms with van der Waals surface area (Å²) >= 11 is 0. The molecule has 3 saturated heterocycles. The summed E-state index contributed by atoms with van der Waals surface area (Å²) in [7, 11) is 2.00. The summed E-state index contributed by atoms with van der Waals surface area (Å²) in [5, 5.41) is 9.08. The molecular weight excluding hydrogens is 404 g/mol. The average molecular weight is 439 g/mol. The molecule has 1 N–H and O–H groups in total. The zero-order valence-electron chi connectivity index (χ0n) is 18.9. The van der Waals surface area contributed by atoms with Gasteiger partial charge in [-0.1, -0.05) is 0 Å². The van der Waals surface area contributed by atoms with E-state index < -0.39 is 23.7 Å². The average Bonchev–Trinajstić information content (AvgIpc) is 2.76. The van der Waals surface area contributed by atoms with Crippen molar-refractivity contribution < 1.29 is 29.0 Å². The molecule has 174 valence electrons. The molecule has 3 heterocycles. The number of likely N-dealkylation sites (N-methyl/N-ethyl adjacent to an activating group) is 1. The zero-order chi connectivity index (χ0) is 23.0. The van der Waals surface area contributed by atoms with E-state index in [1.165, 1.54) is 9.80 Å². The number of amides is 3. The third-order valence-electron chi connectivity index (χ3n) is 6.57. The lowest BCUT2D eigenvalue weighted by Gasteiger charge is -2.51. The van der Waals surface area contributed by atoms with Gasteiger partial charge >= 0.3 is 12.1 Å². The van der Waals surface area contributed by atoms with Crippen molar-refractivity contribution in [2.24, 2.45) is 0 Å². The summed E-state index contributed by atoms with van der Waals surface area (Å²) < 4.78 is 5.43. The van der Waals surface area contributed by atoms with Crippen LogP contribution in [0.5, 0.6) is 0 Å². The van der Waals surface area contributed by atoms with Crippen LogP contribution in [0.25, 0.3) is 0 Å². The molecule has 3 rings (SSSR count). The number of rotatable bonds is 3. The maximum Gasteiger partial charge on any atom is 0.410 e. The molecule has 3 aliphatic heterocycles. The fraction of sp³-hybridized carbons (Fsp3) is 0.810. The summed E-state index contributed by atoms with van der Waals surface area (Å²) in [4.78, 5) is 56.0. The molecule has 0 aromatic carbocycles. The highest BCUT2D eigenvalue weighted by Crippen LogP contribution is 2.33. The predicted molar refractivity (Wildman–Crippen MR) is 111 cm³/mol. The van der Waals surface area contributed by atoms with Gasteiger partial charge in [0.1, 0.15) is 18.2 Å². The number of carbonyl (C=O) groups is 4. The predicted octanol–water partition coefficient (Wildman–Crippen LogP) is 0.606. The second-order valence-corrected chi connectivity index (χ2v) is 9.84. The highest BCUT2D eigenvalue weighted by Gasteiger charge is 2.47. The van der Waals surface area contributed by atoms with Crippen LogP contribution in [-0.4, -0.2) is 112 Å². The van der Waals surface area contributed by atoms with Gasteiger partial charge in [0.15, 0.2) is 0 Å². The monoisotopic (exact) mass is 438 g/mol. The first kappa shape index (κ1) is 23.3. The number of nitrogens with zero attached hydrogens (tertiary/aromatic N) is 4. The highest BCUT2D eigenvalue weighted by atomic mass is 16.6. The highest BCUT2D eigenvalue weighted by molar-refractivity contribution is 5.87. The number of hydrogen-bond acceptors (Lipinski definition) is 6. The molecule has 3 aliphatic rings. The SMILES string of the molecule is CN1CCN(C(=O)[C@@H]2CCN2C(=O)OC(C)(C)C)CC12CCC(=O)N(CC(=O)O)CC2. The fourth-order valence-electron chi connectivity index (χ4n) is 4.61. The Bertz CT molecular complexity index is 751. The Labute approximate surface area is 183 Å². The first-order valence-corrected chi connectivity index (χ1v) is 10.9. The number of likely N-dealkylation sites (tertiary alicyclic amines) is 2. The largest absolute Gasteiger partial charge is 0.480 e. The van der Waals surface area contributed by atoms with Crippen molar-refractivity contribution in [1.82, 2.24) is 19.6 Å². The third-order valence-corrected chi connectivity index (χ3v) is 6.57. The summed E-state index contributed by atoms with van der Waals surface area (Å²) in [6.45, 7) is 7.64. The van der Waals surface area contributed by atoms with Gasteiger partial charge in [0.05, 0.1) is 0 Å². The number of piperazine rings is 1. The van der Waals surface area contributed by atoms with Crippen molar-refractivity contribution in [3.05, 3.63) is 0 Å². The van der Waals surface area contributed by atoms with Gasteiger partial charge in [0.25, 0.3) is 0 Å². The van der Waals surface area contributed by atoms with Gasteiger partial charge < -0.3 is 19.6 Å². The van der Waals surface area contributed by atoms with Gasteiger partial charge in [-0.3, -0.25) is 24.2 Å². The lowest BCUT2D eigenvalue weighted by atomic mass is 9.85. The lowest BCUT2D eigenvalue weighted by Crippen LogP contribution is -2.66. The van der Waals surface area contributed by atoms with Gasteiger partial charge in [-0.2, -0.15) is 0 Å². The maximum absolute atomic E-state index is 13.3. The van der Waals surface area contributed by atoms with Crippen LogP contribution in [0.1, 0.15) is 46.5 Å². The Morgan fingerprint density at radius 3 is 2.42 bits per heavy atom. The van der Waals surface area contributed by atoms with Gasteiger partial charge in [0, 0.05) is 44.7 Å². The molecule has 31 heavy (non-hydrogen) atoms. The molecular formula is C21H34N4O6. The maximum atomic E-state index is 13.3. The van der Waals surface area contributed by atoms with E-state index in [1.807, 2.05) is 7.05 Å². The number of carboxylic acids is 1. The number of aliphatic carboxylic acids is 1. The van der Waals surface area contributed by atoms with Crippen molar-refractivity contribution in [3.8, 4) is 0 Å². The lowest BCUT2D eigenvalue weighted by molar-refractivity contribution is -0.146. The topological polar surface area (TPSA) is 111 Å². The summed E-state index contributed by atoms with van der Waals surface area (Å²) in [6.07, 6.45) is 1.58. The Morgan fingerprint density at radius 2 is 1.84 bits per heavy atom. The summed E-state index contributed by atoms with van der Waals surface area (Å²) in [5.41, 5.74) is -0.996. The summed E-state index contributed by atoms with van der Waals surface area (Å²) in [6, 6.07) is -0.508. The normalized spacial score (nSPS) is 27.7. The molecule has 0 radical (unpaired) electrons. The second kappa shape index (κ2) is 8.64. The van der Waals surface area contributed by atoms with Gasteiger partial charge in [-0.25, -0.2) is 4.79 Å². The Balaban J connectivity index is 1.68. The van der Waals surface area contributed by atoms with Crippen molar-refractivity contribution in [2.45, 2.75) is 63.6 Å². The summed E-state index contributed by atoms with van der Waals surface area (Å²) in [5.74, 6) is -1.26. The molecule has 10 nitrogen and oxygen atoms in total. The number of carboxylic acid groups (broad SMARTS) is 1. The van der Waals surface area contributed by atoms with Crippen LogP contribution in [0.4, 0.5) is 4.79 Å². The molecule has 2 atom stereocenters. The second-order valence-electron chi connectivity index (χ2n) is 9.84. The van der Waals surface area contributed by atoms with Crippen LogP contribution >= 0.6 is 0 Å². The molecule has 3 amide bonds. The minimum Gasteiger partial charge on any atom is -0.480 e. The van der Waals surface area contributed by atoms with E-state index in [4.69, 9.17) is 9.84 Å². The molecule has 0 aromatic heterocycles. The molecule has 0 aliphatic carbocycles. The quantitative estimate of drug-likeness (QED) is 0.687. The number of ether oxygens (including phenoxy) is 1. The van der Waals surface area contributed by atoms with E-state index in [2.05, 4.69) is 4.90 Å². The van der Waals surface area contributed by atoms with Crippen molar-refractivity contribution >= 4 is 23.9 Å². The molecule has 0 bridgehead atoms. The smallest absolute Gasteiger partial charge is 0.410 e. The number of hydrogen-bond donors (Lipinski definition) is 1. The van der Waals surface area contributed by atoms with Gasteiger partial charge in [-0.05, 0) is 47.1 Å². The van der Waals surface area contributed by atoms with Gasteiger partial charge in [0.2, 0.25) is 11.8 Å². The van der Waals surface area contributed by atoms with Crippen molar-refractivity contribution in [1.29, 1.82) is 0 Å². The van der Waals surface area contributed by atoms with E-state index in [9.17, 15) is 19.2 Å². The Kier molecular flexibility index (Phi) is 6.50. The van der Waals surface area contributed by atoms with E-state index in [0.29, 0.717) is 52.0 Å². The standard InChI is InChI=1S/C21H34N4O6/c1-20(2,3)31-19(30)25-9-6-15(25)18(29)24-12-11-22(4)21(14-24)7-5-16(26)23(10-8-21)13-17(27)28/h15H,5-14H2,1-4H3,(H,27,28)/t15-,21?/m0/s1. The molecule has 0 saturated carbocycles. The van der Waals surface area contributed by atoms with Crippen LogP contribution in [0, 0.1) is 0 Å². The van der Waals surface area contributed by atoms with Crippen molar-refractivity contribution in [2.75, 3.05) is 46.3 Å². The Morgan fingerprint density at radius 1 is 1.13 bits per heavy atom. The zero-order valence-corrected chi connectivity index (χ0v) is 18.9. The van der Waals surface area contributed by atoms with Gasteiger partial charge in [-0.15, -0.1) is 0 Å². The third kappa shape index (κ3) is 5.11. The van der Waals surface area contributed by atoms with E-state index in [-0.39, 0.29) is 30.3 Å². The minimum absolute atomic E-state index is 0.0810. The van der Waals surface area contributed by atoms with E-state index >= 15 is 0 Å². The van der Waals surface area contributed by atoms with Crippen LogP contribution in [0.3, 0.4) is 0 Å². The number of carbonyl (C=O) groups excluding carboxylic acids is 3. The van der Waals surface area contributed by atoms with Crippen LogP contribution in [0.2, 0.25) is 0 Å². The van der Waals surface area contributed by atoms with Crippen LogP contribution in [0.15, 0.2) is 0 Å². The molecule has 0 aromatic rings. The van der Waals surface area contributed by atoms with E-state index in [1.54, 1.807) is 25.7 Å². The van der Waals surface area contributed by atoms with Crippen LogP contribution < -0.4 is 0 Å². The fourth-order valence-corrected chi connectivity index (χ4v) is 4.61. The minimum atomic E-state index is -1.02. The Hall–Kier alpha value is -2.36. The molecule has 3 fully saturated rings. The molecule has 10 heteroatoms. The van der Waals surface area contributed by atoms with Crippen LogP contribution in [-0.2, 0) is 19.1 Å². The van der Waals surface area contributed by atoms with Crippen molar-refractivity contribution in [3.63, 3.8) is 0 Å². The first-order valence-electron chi connectivity index (χ1n) is 10.9. The molecule has 1 unspecified atom stereocenters. The molecule has 1 spiro atoms.